The molecule has 0 aliphatic carbocycles. The molecule has 5 heteroatoms. The fourth-order valence-electron chi connectivity index (χ4n) is 1.65. The van der Waals surface area contributed by atoms with Crippen LogP contribution in [0.2, 0.25) is 0 Å². The summed E-state index contributed by atoms with van der Waals surface area (Å²) in [6.45, 7) is 9.03. The van der Waals surface area contributed by atoms with E-state index >= 15 is 0 Å². The minimum Gasteiger partial charge on any atom is -0.507 e. The Morgan fingerprint density at radius 3 is 2.40 bits per heavy atom. The summed E-state index contributed by atoms with van der Waals surface area (Å²) in [7, 11) is 0. The average molecular weight is 278 g/mol. The lowest BCUT2D eigenvalue weighted by molar-refractivity contribution is -0.124. The molecule has 0 fully saturated rings. The van der Waals surface area contributed by atoms with Crippen LogP contribution in [0, 0.1) is 6.92 Å². The van der Waals surface area contributed by atoms with E-state index in [0.717, 1.165) is 5.56 Å². The molecule has 1 aromatic rings. The second-order valence-electron chi connectivity index (χ2n) is 5.96. The minimum atomic E-state index is -0.679. The van der Waals surface area contributed by atoms with Gasteiger partial charge in [0.25, 0.3) is 5.91 Å². The summed E-state index contributed by atoms with van der Waals surface area (Å²) >= 11 is 0. The highest BCUT2D eigenvalue weighted by Gasteiger charge is 2.22. The lowest BCUT2D eigenvalue weighted by atomic mass is 10.1. The molecule has 0 saturated carbocycles. The predicted octanol–water partition coefficient (Wildman–Crippen LogP) is 1.73. The average Bonchev–Trinajstić information content (AvgIpc) is 2.29. The molecule has 20 heavy (non-hydrogen) atoms. The second kappa shape index (κ2) is 5.94. The molecule has 3 N–H and O–H groups in total. The summed E-state index contributed by atoms with van der Waals surface area (Å²) in [6, 6.07) is 4.08. The zero-order valence-corrected chi connectivity index (χ0v) is 12.6. The third kappa shape index (κ3) is 4.57. The van der Waals surface area contributed by atoms with E-state index in [2.05, 4.69) is 10.6 Å². The van der Waals surface area contributed by atoms with Gasteiger partial charge in [-0.05, 0) is 46.8 Å². The van der Waals surface area contributed by atoms with Crippen molar-refractivity contribution < 1.29 is 14.7 Å². The number of aryl methyl sites for hydroxylation is 1. The van der Waals surface area contributed by atoms with Crippen LogP contribution in [0.4, 0.5) is 0 Å². The minimum absolute atomic E-state index is 0.100. The fourth-order valence-corrected chi connectivity index (χ4v) is 1.65. The number of amides is 2. The molecule has 5 nitrogen and oxygen atoms in total. The molecule has 110 valence electrons. The van der Waals surface area contributed by atoms with Gasteiger partial charge in [0.15, 0.2) is 0 Å². The van der Waals surface area contributed by atoms with Gasteiger partial charge in [-0.25, -0.2) is 0 Å². The third-order valence-corrected chi connectivity index (χ3v) is 2.64. The summed E-state index contributed by atoms with van der Waals surface area (Å²) < 4.78 is 0. The van der Waals surface area contributed by atoms with E-state index in [1.807, 2.05) is 27.7 Å². The number of rotatable bonds is 3. The largest absolute Gasteiger partial charge is 0.507 e. The Balaban J connectivity index is 2.75. The lowest BCUT2D eigenvalue weighted by Gasteiger charge is -2.23. The summed E-state index contributed by atoms with van der Waals surface area (Å²) in [4.78, 5) is 23.9. The Bertz CT molecular complexity index is 518. The molecule has 0 saturated heterocycles. The first-order valence-electron chi connectivity index (χ1n) is 6.52. The Morgan fingerprint density at radius 1 is 1.25 bits per heavy atom. The van der Waals surface area contributed by atoms with E-state index in [4.69, 9.17) is 0 Å². The van der Waals surface area contributed by atoms with Crippen molar-refractivity contribution in [1.29, 1.82) is 0 Å². The quantitative estimate of drug-likeness (QED) is 0.788. The monoisotopic (exact) mass is 278 g/mol. The van der Waals surface area contributed by atoms with Crippen molar-refractivity contribution in [2.75, 3.05) is 0 Å². The Hall–Kier alpha value is -2.04. The van der Waals surface area contributed by atoms with Gasteiger partial charge in [-0.2, -0.15) is 0 Å². The van der Waals surface area contributed by atoms with E-state index in [1.54, 1.807) is 19.1 Å². The number of phenols is 1. The zero-order valence-electron chi connectivity index (χ0n) is 12.6. The van der Waals surface area contributed by atoms with Crippen LogP contribution in [0.1, 0.15) is 43.6 Å². The maximum atomic E-state index is 12.0. The number of aromatic hydroxyl groups is 1. The summed E-state index contributed by atoms with van der Waals surface area (Å²) in [5, 5.41) is 15.0. The zero-order chi connectivity index (χ0) is 15.5. The van der Waals surface area contributed by atoms with Crippen molar-refractivity contribution in [3.05, 3.63) is 29.3 Å². The predicted molar refractivity (Wildman–Crippen MR) is 77.7 cm³/mol. The fraction of sp³-hybridized carbons (Fsp3) is 0.467. The van der Waals surface area contributed by atoms with Gasteiger partial charge in [-0.15, -0.1) is 0 Å². The SMILES string of the molecule is Cc1ccc(O)c(C(=O)NC(C)C(=O)NC(C)(C)C)c1. The number of benzene rings is 1. The molecule has 0 aliphatic rings. The molecule has 0 bridgehead atoms. The van der Waals surface area contributed by atoms with Gasteiger partial charge in [0.2, 0.25) is 5.91 Å². The second-order valence-corrected chi connectivity index (χ2v) is 5.96. The van der Waals surface area contributed by atoms with Crippen LogP contribution < -0.4 is 10.6 Å². The molecule has 0 aliphatic heterocycles. The Kier molecular flexibility index (Phi) is 4.76. The highest BCUT2D eigenvalue weighted by atomic mass is 16.3. The van der Waals surface area contributed by atoms with E-state index < -0.39 is 11.9 Å². The first-order valence-corrected chi connectivity index (χ1v) is 6.52. The highest BCUT2D eigenvalue weighted by molar-refractivity contribution is 5.99. The van der Waals surface area contributed by atoms with Crippen LogP contribution in [-0.2, 0) is 4.79 Å². The van der Waals surface area contributed by atoms with Gasteiger partial charge in [-0.1, -0.05) is 11.6 Å². The van der Waals surface area contributed by atoms with E-state index in [9.17, 15) is 14.7 Å². The van der Waals surface area contributed by atoms with Gasteiger partial charge in [0.05, 0.1) is 5.56 Å². The van der Waals surface area contributed by atoms with Crippen molar-refractivity contribution in [2.24, 2.45) is 0 Å². The van der Waals surface area contributed by atoms with Crippen molar-refractivity contribution in [3.8, 4) is 5.75 Å². The van der Waals surface area contributed by atoms with Crippen LogP contribution in [0.3, 0.4) is 0 Å². The topological polar surface area (TPSA) is 78.4 Å². The molecular formula is C15H22N2O3. The van der Waals surface area contributed by atoms with Gasteiger partial charge in [0.1, 0.15) is 11.8 Å². The number of carbonyl (C=O) groups is 2. The molecule has 1 rings (SSSR count). The van der Waals surface area contributed by atoms with Gasteiger partial charge in [-0.3, -0.25) is 9.59 Å². The Labute approximate surface area is 119 Å². The number of hydrogen-bond donors (Lipinski definition) is 3. The van der Waals surface area contributed by atoms with E-state index in [-0.39, 0.29) is 22.8 Å². The van der Waals surface area contributed by atoms with Crippen LogP contribution in [0.15, 0.2) is 18.2 Å². The molecule has 0 heterocycles. The van der Waals surface area contributed by atoms with Crippen molar-refractivity contribution >= 4 is 11.8 Å². The maximum Gasteiger partial charge on any atom is 0.255 e. The molecular weight excluding hydrogens is 256 g/mol. The van der Waals surface area contributed by atoms with Gasteiger partial charge >= 0.3 is 0 Å². The Morgan fingerprint density at radius 2 is 1.85 bits per heavy atom. The number of nitrogens with one attached hydrogen (secondary N) is 2. The van der Waals surface area contributed by atoms with Crippen LogP contribution in [0.25, 0.3) is 0 Å². The summed E-state index contributed by atoms with van der Waals surface area (Å²) in [6.07, 6.45) is 0. The van der Waals surface area contributed by atoms with E-state index in [1.165, 1.54) is 6.07 Å². The molecule has 1 aromatic carbocycles. The highest BCUT2D eigenvalue weighted by Crippen LogP contribution is 2.18. The number of carbonyl (C=O) groups excluding carboxylic acids is 2. The molecule has 0 spiro atoms. The normalized spacial score (nSPS) is 12.7. The molecule has 1 unspecified atom stereocenters. The molecule has 0 aromatic heterocycles. The van der Waals surface area contributed by atoms with Gasteiger partial charge in [0, 0.05) is 5.54 Å². The van der Waals surface area contributed by atoms with Gasteiger partial charge < -0.3 is 15.7 Å². The van der Waals surface area contributed by atoms with E-state index in [0.29, 0.717) is 0 Å². The number of phenolic OH excluding ortho intramolecular Hbond substituents is 1. The molecule has 1 atom stereocenters. The van der Waals surface area contributed by atoms with Crippen molar-refractivity contribution in [2.45, 2.75) is 46.2 Å². The summed E-state index contributed by atoms with van der Waals surface area (Å²) in [5.74, 6) is -0.836. The van der Waals surface area contributed by atoms with Crippen LogP contribution in [-0.4, -0.2) is 28.5 Å². The third-order valence-electron chi connectivity index (χ3n) is 2.64. The first kappa shape index (κ1) is 16.0. The van der Waals surface area contributed by atoms with Crippen LogP contribution >= 0.6 is 0 Å². The van der Waals surface area contributed by atoms with Crippen molar-refractivity contribution in [1.82, 2.24) is 10.6 Å². The molecule has 0 radical (unpaired) electrons. The molecule has 2 amide bonds. The number of hydrogen-bond acceptors (Lipinski definition) is 3. The summed E-state index contributed by atoms with van der Waals surface area (Å²) in [5.41, 5.74) is 0.668. The van der Waals surface area contributed by atoms with Crippen LogP contribution in [0.5, 0.6) is 5.75 Å². The first-order chi connectivity index (χ1) is 9.10. The maximum absolute atomic E-state index is 12.0. The van der Waals surface area contributed by atoms with Crippen molar-refractivity contribution in [3.63, 3.8) is 0 Å². The smallest absolute Gasteiger partial charge is 0.255 e. The standard InChI is InChI=1S/C15H22N2O3/c1-9-6-7-12(18)11(8-9)14(20)16-10(2)13(19)17-15(3,4)5/h6-8,10,18H,1-5H3,(H,16,20)(H,17,19). The lowest BCUT2D eigenvalue weighted by Crippen LogP contribution is -2.50.